The van der Waals surface area contributed by atoms with Crippen LogP contribution in [0.4, 0.5) is 14.4 Å². The second-order valence-electron chi connectivity index (χ2n) is 16.3. The summed E-state index contributed by atoms with van der Waals surface area (Å²) in [6, 6.07) is 21.1. The maximum absolute atomic E-state index is 11.9. The molecule has 0 aliphatic rings. The van der Waals surface area contributed by atoms with E-state index >= 15 is 0 Å². The standard InChI is InChI=1S/C31H40O10.C14H20O4.CH4/c1-30(2,3)40-28(34)38-24-15-11-22(12-16-24)9-7-19-36-26(32)21-27(33)37-20-8-10-23-13-17-25(18-14-23)39-29(35)41-31(4,5)6;1-14(2,3)18-13(16)17-12-8-6-11(7-9-12)5-4-10-15;/h11-18H,7-10,19-21H2,1-6H3;6-9,15H,4-5,10H2,1-3H3;1H4. The molecule has 0 saturated carbocycles. The molecule has 0 radical (unpaired) electrons. The van der Waals surface area contributed by atoms with Gasteiger partial charge in [0.15, 0.2) is 0 Å². The monoisotopic (exact) mass is 840 g/mol. The maximum Gasteiger partial charge on any atom is 0.514 e. The van der Waals surface area contributed by atoms with Crippen LogP contribution in [0.2, 0.25) is 0 Å². The summed E-state index contributed by atoms with van der Waals surface area (Å²) < 4.78 is 40.8. The lowest BCUT2D eigenvalue weighted by atomic mass is 10.1. The molecule has 0 aliphatic heterocycles. The van der Waals surface area contributed by atoms with Crippen molar-refractivity contribution < 1.29 is 67.0 Å². The van der Waals surface area contributed by atoms with E-state index < -0.39 is 53.6 Å². The van der Waals surface area contributed by atoms with Crippen molar-refractivity contribution in [3.8, 4) is 17.2 Å². The van der Waals surface area contributed by atoms with Crippen molar-refractivity contribution in [3.05, 3.63) is 89.5 Å². The molecule has 3 rings (SSSR count). The van der Waals surface area contributed by atoms with E-state index in [0.29, 0.717) is 42.9 Å². The Balaban J connectivity index is 0.000000792. The van der Waals surface area contributed by atoms with Crippen molar-refractivity contribution in [2.75, 3.05) is 19.8 Å². The number of aryl methyl sites for hydroxylation is 3. The number of benzene rings is 3. The fourth-order valence-electron chi connectivity index (χ4n) is 4.70. The first-order valence-corrected chi connectivity index (χ1v) is 19.5. The molecule has 332 valence electrons. The second-order valence-corrected chi connectivity index (χ2v) is 16.3. The molecule has 0 aromatic heterocycles. The summed E-state index contributed by atoms with van der Waals surface area (Å²) in [5.41, 5.74) is 1.22. The molecule has 0 unspecified atom stereocenters. The maximum atomic E-state index is 11.9. The highest BCUT2D eigenvalue weighted by Gasteiger charge is 2.20. The molecule has 0 heterocycles. The summed E-state index contributed by atoms with van der Waals surface area (Å²) in [6.07, 6.45) is 1.25. The Bertz CT molecular complexity index is 1650. The van der Waals surface area contributed by atoms with Gasteiger partial charge in [-0.05, 0) is 154 Å². The molecular formula is C46H64O14. The summed E-state index contributed by atoms with van der Waals surface area (Å²) in [7, 11) is 0. The van der Waals surface area contributed by atoms with Crippen LogP contribution in [0.1, 0.15) is 112 Å². The van der Waals surface area contributed by atoms with Crippen LogP contribution in [0.3, 0.4) is 0 Å². The Labute approximate surface area is 354 Å². The van der Waals surface area contributed by atoms with Gasteiger partial charge >= 0.3 is 30.4 Å². The minimum absolute atomic E-state index is 0. The van der Waals surface area contributed by atoms with E-state index in [0.717, 1.165) is 29.5 Å². The van der Waals surface area contributed by atoms with Gasteiger partial charge in [-0.15, -0.1) is 0 Å². The smallest absolute Gasteiger partial charge is 0.465 e. The van der Waals surface area contributed by atoms with Crippen LogP contribution in [0.5, 0.6) is 17.2 Å². The first-order valence-electron chi connectivity index (χ1n) is 19.5. The van der Waals surface area contributed by atoms with Crippen molar-refractivity contribution >= 4 is 30.4 Å². The van der Waals surface area contributed by atoms with Gasteiger partial charge < -0.3 is 43.0 Å². The number of hydrogen-bond donors (Lipinski definition) is 1. The highest BCUT2D eigenvalue weighted by molar-refractivity contribution is 5.91. The van der Waals surface area contributed by atoms with Crippen molar-refractivity contribution in [2.24, 2.45) is 0 Å². The van der Waals surface area contributed by atoms with Crippen LogP contribution in [0.15, 0.2) is 72.8 Å². The average molecular weight is 841 g/mol. The molecule has 14 nitrogen and oxygen atoms in total. The number of carbonyl (C=O) groups is 5. The van der Waals surface area contributed by atoms with Crippen LogP contribution >= 0.6 is 0 Å². The van der Waals surface area contributed by atoms with Gasteiger partial charge in [0.1, 0.15) is 40.5 Å². The molecule has 0 atom stereocenters. The first kappa shape index (κ1) is 52.4. The van der Waals surface area contributed by atoms with E-state index in [-0.39, 0.29) is 27.2 Å². The zero-order chi connectivity index (χ0) is 44.1. The van der Waals surface area contributed by atoms with Crippen LogP contribution in [0.25, 0.3) is 0 Å². The van der Waals surface area contributed by atoms with E-state index in [1.54, 1.807) is 98.7 Å². The predicted molar refractivity (Wildman–Crippen MR) is 225 cm³/mol. The van der Waals surface area contributed by atoms with Gasteiger partial charge in [0.05, 0.1) is 13.2 Å². The fourth-order valence-corrected chi connectivity index (χ4v) is 4.70. The van der Waals surface area contributed by atoms with Gasteiger partial charge in [-0.3, -0.25) is 9.59 Å². The van der Waals surface area contributed by atoms with Gasteiger partial charge in [0.2, 0.25) is 0 Å². The molecule has 0 aliphatic carbocycles. The Morgan fingerprint density at radius 3 is 0.967 bits per heavy atom. The van der Waals surface area contributed by atoms with E-state index in [1.807, 2.05) is 36.4 Å². The quantitative estimate of drug-likeness (QED) is 0.0473. The van der Waals surface area contributed by atoms with E-state index in [4.69, 9.17) is 43.0 Å². The lowest BCUT2D eigenvalue weighted by Crippen LogP contribution is -2.25. The predicted octanol–water partition coefficient (Wildman–Crippen LogP) is 9.92. The van der Waals surface area contributed by atoms with Gasteiger partial charge in [0.25, 0.3) is 0 Å². The largest absolute Gasteiger partial charge is 0.514 e. The number of rotatable bonds is 16. The summed E-state index contributed by atoms with van der Waals surface area (Å²) in [6.45, 7) is 16.4. The third-order valence-corrected chi connectivity index (χ3v) is 7.20. The molecule has 60 heavy (non-hydrogen) atoms. The first-order chi connectivity index (χ1) is 27.6. The Morgan fingerprint density at radius 2 is 0.717 bits per heavy atom. The van der Waals surface area contributed by atoms with E-state index in [1.165, 1.54) is 0 Å². The number of ether oxygens (including phenoxy) is 8. The number of aliphatic hydroxyl groups excluding tert-OH is 1. The van der Waals surface area contributed by atoms with Crippen LogP contribution in [-0.2, 0) is 52.5 Å². The minimum Gasteiger partial charge on any atom is -0.465 e. The summed E-state index contributed by atoms with van der Waals surface area (Å²) in [5.74, 6) is -0.0863. The SMILES string of the molecule is C.CC(C)(C)OC(=O)Oc1ccc(CCCO)cc1.CC(C)(C)OC(=O)Oc1ccc(CCCOC(=O)CC(=O)OCCCc2ccc(OC(=O)OC(C)(C)C)cc2)cc1. The van der Waals surface area contributed by atoms with Crippen LogP contribution < -0.4 is 14.2 Å². The number of aliphatic hydroxyl groups is 1. The van der Waals surface area contributed by atoms with Crippen molar-refractivity contribution in [1.29, 1.82) is 0 Å². The molecule has 14 heteroatoms. The summed E-state index contributed by atoms with van der Waals surface area (Å²) >= 11 is 0. The third-order valence-electron chi connectivity index (χ3n) is 7.20. The summed E-state index contributed by atoms with van der Waals surface area (Å²) in [5, 5.41) is 8.72. The van der Waals surface area contributed by atoms with Gasteiger partial charge in [-0.1, -0.05) is 43.8 Å². The average Bonchev–Trinajstić information content (AvgIpc) is 3.11. The van der Waals surface area contributed by atoms with Crippen LogP contribution in [-0.4, -0.2) is 72.1 Å². The summed E-state index contributed by atoms with van der Waals surface area (Å²) in [4.78, 5) is 58.7. The fraction of sp³-hybridized carbons (Fsp3) is 0.500. The van der Waals surface area contributed by atoms with E-state index in [9.17, 15) is 24.0 Å². The zero-order valence-electron chi connectivity index (χ0n) is 35.8. The van der Waals surface area contributed by atoms with Crippen molar-refractivity contribution in [3.63, 3.8) is 0 Å². The minimum atomic E-state index is -0.769. The Morgan fingerprint density at radius 1 is 0.450 bits per heavy atom. The Kier molecular flexibility index (Phi) is 22.5. The lowest BCUT2D eigenvalue weighted by molar-refractivity contribution is -0.154. The molecule has 0 spiro atoms. The molecule has 1 N–H and O–H groups in total. The van der Waals surface area contributed by atoms with Crippen molar-refractivity contribution in [1.82, 2.24) is 0 Å². The highest BCUT2D eigenvalue weighted by Crippen LogP contribution is 2.19. The molecule has 3 aromatic rings. The van der Waals surface area contributed by atoms with Gasteiger partial charge in [-0.2, -0.15) is 0 Å². The van der Waals surface area contributed by atoms with Gasteiger partial charge in [-0.25, -0.2) is 14.4 Å². The molecule has 3 aromatic carbocycles. The second kappa shape index (κ2) is 25.8. The molecule has 0 amide bonds. The highest BCUT2D eigenvalue weighted by atomic mass is 16.7. The molecule has 0 bridgehead atoms. The Hall–Kier alpha value is -5.63. The molecule has 0 fully saturated rings. The molecular weight excluding hydrogens is 776 g/mol. The van der Waals surface area contributed by atoms with Gasteiger partial charge in [0, 0.05) is 6.61 Å². The zero-order valence-corrected chi connectivity index (χ0v) is 35.8. The number of hydrogen-bond acceptors (Lipinski definition) is 14. The van der Waals surface area contributed by atoms with Crippen LogP contribution in [0, 0.1) is 0 Å². The normalized spacial score (nSPS) is 11.0. The number of carbonyl (C=O) groups excluding carboxylic acids is 5. The lowest BCUT2D eigenvalue weighted by Gasteiger charge is -2.18. The van der Waals surface area contributed by atoms with Crippen molar-refractivity contribution in [2.45, 2.75) is 131 Å². The third kappa shape index (κ3) is 25.7. The molecule has 0 saturated heterocycles. The van der Waals surface area contributed by atoms with E-state index in [2.05, 4.69) is 0 Å². The number of esters is 2. The topological polar surface area (TPSA) is 179 Å².